The molecule has 0 fully saturated rings. The molecule has 0 N–H and O–H groups in total. The van der Waals surface area contributed by atoms with E-state index in [2.05, 4.69) is 0 Å². The van der Waals surface area contributed by atoms with Crippen molar-refractivity contribution in [3.8, 4) is 0 Å². The third-order valence-electron chi connectivity index (χ3n) is 1.92. The van der Waals surface area contributed by atoms with Crippen molar-refractivity contribution in [3.63, 3.8) is 0 Å². The van der Waals surface area contributed by atoms with E-state index in [1.165, 1.54) is 6.92 Å². The number of hydrogen-bond acceptors (Lipinski definition) is 2. The number of hydrogen-bond donors (Lipinski definition) is 0. The number of carbonyl (C=O) groups is 1. The Hall–Kier alpha value is -0.730. The third-order valence-corrected chi connectivity index (χ3v) is 2.39. The van der Waals surface area contributed by atoms with E-state index >= 15 is 0 Å². The molecular formula is C11H12Cl2O2. The molecule has 1 aromatic carbocycles. The third kappa shape index (κ3) is 4.10. The summed E-state index contributed by atoms with van der Waals surface area (Å²) in [4.78, 5) is 10.9. The van der Waals surface area contributed by atoms with Crippen LogP contribution in [0.3, 0.4) is 0 Å². The highest BCUT2D eigenvalue weighted by atomic mass is 35.5. The molecule has 1 aromatic rings. The molecule has 0 aliphatic carbocycles. The summed E-state index contributed by atoms with van der Waals surface area (Å²) < 4.78 is 5.15. The van der Waals surface area contributed by atoms with Crippen molar-refractivity contribution in [3.05, 3.63) is 34.9 Å². The van der Waals surface area contributed by atoms with Crippen LogP contribution < -0.4 is 0 Å². The molecule has 15 heavy (non-hydrogen) atoms. The highest BCUT2D eigenvalue weighted by molar-refractivity contribution is 6.30. The van der Waals surface area contributed by atoms with Crippen LogP contribution in [0.5, 0.6) is 0 Å². The van der Waals surface area contributed by atoms with Gasteiger partial charge in [-0.15, -0.1) is 11.6 Å². The fourth-order valence-corrected chi connectivity index (χ4v) is 1.59. The Morgan fingerprint density at radius 3 is 2.47 bits per heavy atom. The van der Waals surface area contributed by atoms with Crippen LogP contribution in [-0.2, 0) is 9.53 Å². The zero-order valence-corrected chi connectivity index (χ0v) is 9.89. The summed E-state index contributed by atoms with van der Waals surface area (Å²) in [6, 6.07) is 7.20. The second-order valence-electron chi connectivity index (χ2n) is 3.13. The van der Waals surface area contributed by atoms with E-state index in [0.29, 0.717) is 17.3 Å². The standard InChI is InChI=1S/C11H12Cl2O2/c1-8(14)15-11(6-7-12)9-2-4-10(13)5-3-9/h2-5,11H,6-7H2,1H3/t11-/m0/s1. The summed E-state index contributed by atoms with van der Waals surface area (Å²) in [6.07, 6.45) is 0.320. The maximum Gasteiger partial charge on any atom is 0.303 e. The molecular weight excluding hydrogens is 235 g/mol. The van der Waals surface area contributed by atoms with Gasteiger partial charge in [0.2, 0.25) is 0 Å². The lowest BCUT2D eigenvalue weighted by Crippen LogP contribution is -2.09. The van der Waals surface area contributed by atoms with E-state index in [0.717, 1.165) is 5.56 Å². The van der Waals surface area contributed by atoms with Gasteiger partial charge in [0.05, 0.1) is 0 Å². The van der Waals surface area contributed by atoms with Crippen molar-refractivity contribution in [2.45, 2.75) is 19.4 Å². The second kappa shape index (κ2) is 5.99. The summed E-state index contributed by atoms with van der Waals surface area (Å²) in [5.74, 6) is 0.140. The van der Waals surface area contributed by atoms with Gasteiger partial charge in [-0.2, -0.15) is 0 Å². The van der Waals surface area contributed by atoms with Crippen LogP contribution in [0, 0.1) is 0 Å². The molecule has 0 heterocycles. The van der Waals surface area contributed by atoms with Crippen molar-refractivity contribution >= 4 is 29.2 Å². The average molecular weight is 247 g/mol. The van der Waals surface area contributed by atoms with E-state index in [-0.39, 0.29) is 12.1 Å². The molecule has 2 nitrogen and oxygen atoms in total. The van der Waals surface area contributed by atoms with Gasteiger partial charge in [-0.3, -0.25) is 4.79 Å². The molecule has 82 valence electrons. The van der Waals surface area contributed by atoms with E-state index in [4.69, 9.17) is 27.9 Å². The predicted molar refractivity (Wildman–Crippen MR) is 61.3 cm³/mol. The van der Waals surface area contributed by atoms with Gasteiger partial charge >= 0.3 is 5.97 Å². The van der Waals surface area contributed by atoms with Crippen molar-refractivity contribution in [1.82, 2.24) is 0 Å². The Balaban J connectivity index is 2.78. The van der Waals surface area contributed by atoms with Gasteiger partial charge in [0.15, 0.2) is 0 Å². The van der Waals surface area contributed by atoms with Crippen LogP contribution in [0.4, 0.5) is 0 Å². The minimum absolute atomic E-state index is 0.280. The Morgan fingerprint density at radius 2 is 2.00 bits per heavy atom. The lowest BCUT2D eigenvalue weighted by atomic mass is 10.1. The molecule has 0 aliphatic heterocycles. The van der Waals surface area contributed by atoms with Gasteiger partial charge in [-0.05, 0) is 17.7 Å². The molecule has 4 heteroatoms. The topological polar surface area (TPSA) is 26.3 Å². The molecule has 0 unspecified atom stereocenters. The summed E-state index contributed by atoms with van der Waals surface area (Å²) in [5, 5.41) is 0.659. The second-order valence-corrected chi connectivity index (χ2v) is 3.94. The number of benzene rings is 1. The molecule has 0 bridgehead atoms. The smallest absolute Gasteiger partial charge is 0.303 e. The maximum absolute atomic E-state index is 10.9. The largest absolute Gasteiger partial charge is 0.458 e. The van der Waals surface area contributed by atoms with Gasteiger partial charge < -0.3 is 4.74 Å². The zero-order valence-electron chi connectivity index (χ0n) is 8.37. The predicted octanol–water partition coefficient (Wildman–Crippen LogP) is 3.57. The van der Waals surface area contributed by atoms with Crippen LogP contribution in [-0.4, -0.2) is 11.8 Å². The fourth-order valence-electron chi connectivity index (χ4n) is 1.27. The molecule has 0 aliphatic rings. The molecule has 0 spiro atoms. The van der Waals surface area contributed by atoms with E-state index in [1.807, 2.05) is 12.1 Å². The lowest BCUT2D eigenvalue weighted by Gasteiger charge is -2.16. The van der Waals surface area contributed by atoms with Gasteiger partial charge in [-0.1, -0.05) is 23.7 Å². The van der Waals surface area contributed by atoms with Crippen LogP contribution in [0.25, 0.3) is 0 Å². The molecule has 0 saturated heterocycles. The first-order valence-electron chi connectivity index (χ1n) is 4.62. The summed E-state index contributed by atoms with van der Waals surface area (Å²) in [6.45, 7) is 1.39. The number of carbonyl (C=O) groups excluding carboxylic acids is 1. The monoisotopic (exact) mass is 246 g/mol. The Labute approximate surface area is 99.1 Å². The highest BCUT2D eigenvalue weighted by Crippen LogP contribution is 2.23. The van der Waals surface area contributed by atoms with Gasteiger partial charge in [0.25, 0.3) is 0 Å². The normalized spacial score (nSPS) is 12.2. The quantitative estimate of drug-likeness (QED) is 0.600. The maximum atomic E-state index is 10.9. The zero-order chi connectivity index (χ0) is 11.3. The average Bonchev–Trinajstić information content (AvgIpc) is 2.17. The summed E-state index contributed by atoms with van der Waals surface area (Å²) in [5.41, 5.74) is 0.912. The number of esters is 1. The van der Waals surface area contributed by atoms with Crippen LogP contribution in [0.1, 0.15) is 25.0 Å². The van der Waals surface area contributed by atoms with Gasteiger partial charge in [0, 0.05) is 24.2 Å². The fraction of sp³-hybridized carbons (Fsp3) is 0.364. The summed E-state index contributed by atoms with van der Waals surface area (Å²) >= 11 is 11.4. The van der Waals surface area contributed by atoms with Crippen molar-refractivity contribution in [2.24, 2.45) is 0 Å². The lowest BCUT2D eigenvalue weighted by molar-refractivity contribution is -0.146. The summed E-state index contributed by atoms with van der Waals surface area (Å²) in [7, 11) is 0. The minimum Gasteiger partial charge on any atom is -0.458 e. The number of rotatable bonds is 4. The van der Waals surface area contributed by atoms with E-state index < -0.39 is 0 Å². The Bertz CT molecular complexity index is 322. The van der Waals surface area contributed by atoms with Crippen molar-refractivity contribution in [2.75, 3.05) is 5.88 Å². The molecule has 0 saturated carbocycles. The van der Waals surface area contributed by atoms with E-state index in [1.54, 1.807) is 12.1 Å². The van der Waals surface area contributed by atoms with Crippen LogP contribution in [0.15, 0.2) is 24.3 Å². The van der Waals surface area contributed by atoms with Gasteiger partial charge in [-0.25, -0.2) is 0 Å². The first-order chi connectivity index (χ1) is 7.13. The number of ether oxygens (including phenoxy) is 1. The number of halogens is 2. The van der Waals surface area contributed by atoms with Crippen molar-refractivity contribution < 1.29 is 9.53 Å². The van der Waals surface area contributed by atoms with Crippen molar-refractivity contribution in [1.29, 1.82) is 0 Å². The number of alkyl halides is 1. The molecule has 0 radical (unpaired) electrons. The van der Waals surface area contributed by atoms with Crippen LogP contribution >= 0.6 is 23.2 Å². The SMILES string of the molecule is CC(=O)O[C@@H](CCCl)c1ccc(Cl)cc1. The molecule has 0 aromatic heterocycles. The first kappa shape index (κ1) is 12.3. The van der Waals surface area contributed by atoms with Gasteiger partial charge in [0.1, 0.15) is 6.10 Å². The molecule has 0 amide bonds. The highest BCUT2D eigenvalue weighted by Gasteiger charge is 2.13. The van der Waals surface area contributed by atoms with Crippen LogP contribution in [0.2, 0.25) is 5.02 Å². The minimum atomic E-state index is -0.305. The molecule has 1 atom stereocenters. The first-order valence-corrected chi connectivity index (χ1v) is 5.53. The molecule has 1 rings (SSSR count). The van der Waals surface area contributed by atoms with E-state index in [9.17, 15) is 4.79 Å². The Morgan fingerprint density at radius 1 is 1.40 bits per heavy atom. The Kier molecular flexibility index (Phi) is 4.92.